The Labute approximate surface area is 119 Å². The van der Waals surface area contributed by atoms with Gasteiger partial charge in [-0.15, -0.1) is 0 Å². The maximum atomic E-state index is 12.0. The summed E-state index contributed by atoms with van der Waals surface area (Å²) >= 11 is 1.13. The van der Waals surface area contributed by atoms with Crippen molar-refractivity contribution in [3.8, 4) is 0 Å². The van der Waals surface area contributed by atoms with Gasteiger partial charge in [-0.1, -0.05) is 23.9 Å². The molecule has 2 amide bonds. The molecule has 1 aliphatic rings. The highest BCUT2D eigenvalue weighted by Crippen LogP contribution is 2.17. The second-order valence-corrected chi connectivity index (χ2v) is 5.66. The van der Waals surface area contributed by atoms with Crippen molar-refractivity contribution in [1.29, 1.82) is 0 Å². The van der Waals surface area contributed by atoms with Gasteiger partial charge in [0.1, 0.15) is 11.9 Å². The molecule has 104 valence electrons. The fourth-order valence-corrected chi connectivity index (χ4v) is 2.86. The van der Waals surface area contributed by atoms with Gasteiger partial charge in [0, 0.05) is 5.75 Å². The third-order valence-corrected chi connectivity index (χ3v) is 4.05. The molecule has 0 bridgehead atoms. The number of para-hydroxylation sites is 2. The number of imidazole rings is 1. The lowest BCUT2D eigenvalue weighted by Crippen LogP contribution is -2.43. The van der Waals surface area contributed by atoms with Gasteiger partial charge in [-0.25, -0.2) is 4.98 Å². The van der Waals surface area contributed by atoms with Crippen LogP contribution in [0.25, 0.3) is 11.0 Å². The van der Waals surface area contributed by atoms with E-state index in [2.05, 4.69) is 20.6 Å². The zero-order valence-corrected chi connectivity index (χ0v) is 11.7. The summed E-state index contributed by atoms with van der Waals surface area (Å²) in [6, 6.07) is 7.00. The highest BCUT2D eigenvalue weighted by atomic mass is 32.2. The molecule has 1 aromatic carbocycles. The number of nitrogens with one attached hydrogen (secondary N) is 3. The third kappa shape index (κ3) is 2.49. The Balaban J connectivity index is 1.70. The van der Waals surface area contributed by atoms with Crippen LogP contribution in [0, 0.1) is 0 Å². The number of hydrogen-bond donors (Lipinski definition) is 3. The van der Waals surface area contributed by atoms with E-state index in [0.717, 1.165) is 22.8 Å². The topological polar surface area (TPSA) is 86.9 Å². The van der Waals surface area contributed by atoms with Gasteiger partial charge in [-0.3, -0.25) is 9.59 Å². The lowest BCUT2D eigenvalue weighted by molar-refractivity contribution is -0.122. The van der Waals surface area contributed by atoms with E-state index >= 15 is 0 Å². The summed E-state index contributed by atoms with van der Waals surface area (Å²) in [5, 5.41) is 5.33. The summed E-state index contributed by atoms with van der Waals surface area (Å²) in [6.45, 7) is 1.86. The van der Waals surface area contributed by atoms with Crippen LogP contribution >= 0.6 is 11.8 Å². The molecule has 3 N–H and O–H groups in total. The van der Waals surface area contributed by atoms with Gasteiger partial charge in [0.05, 0.1) is 17.1 Å². The summed E-state index contributed by atoms with van der Waals surface area (Å²) < 4.78 is 0. The lowest BCUT2D eigenvalue weighted by atomic mass is 10.2. The second kappa shape index (κ2) is 5.16. The van der Waals surface area contributed by atoms with Crippen molar-refractivity contribution in [3.63, 3.8) is 0 Å². The third-order valence-electron chi connectivity index (χ3n) is 3.17. The van der Waals surface area contributed by atoms with Crippen molar-refractivity contribution < 1.29 is 9.59 Å². The summed E-state index contributed by atoms with van der Waals surface area (Å²) in [4.78, 5) is 30.7. The standard InChI is InChI=1S/C13H14N4O2S/c1-7(14-12(18)10-6-20-13(19)17-10)11-15-8-4-2-3-5-9(8)16-11/h2-5,7,10H,6H2,1H3,(H,14,18)(H,15,16)(H,17,19). The fraction of sp³-hybridized carbons (Fsp3) is 0.308. The Morgan fingerprint density at radius 2 is 2.30 bits per heavy atom. The molecule has 0 radical (unpaired) electrons. The van der Waals surface area contributed by atoms with Crippen LogP contribution in [0.4, 0.5) is 4.79 Å². The zero-order valence-electron chi connectivity index (χ0n) is 10.8. The smallest absolute Gasteiger partial charge is 0.279 e. The van der Waals surface area contributed by atoms with Crippen molar-refractivity contribution in [3.05, 3.63) is 30.1 Å². The number of carbonyl (C=O) groups excluding carboxylic acids is 2. The van der Waals surface area contributed by atoms with E-state index in [4.69, 9.17) is 0 Å². The Kier molecular flexibility index (Phi) is 3.35. The molecule has 1 saturated heterocycles. The average molecular weight is 290 g/mol. The number of hydrogen-bond acceptors (Lipinski definition) is 4. The van der Waals surface area contributed by atoms with Crippen LogP contribution in [0.1, 0.15) is 18.8 Å². The first kappa shape index (κ1) is 13.0. The number of H-pyrrole nitrogens is 1. The van der Waals surface area contributed by atoms with Crippen molar-refractivity contribution in [1.82, 2.24) is 20.6 Å². The highest BCUT2D eigenvalue weighted by molar-refractivity contribution is 8.14. The SMILES string of the molecule is CC(NC(=O)C1CSC(=O)N1)c1nc2ccccc2[nH]1. The predicted molar refractivity (Wildman–Crippen MR) is 77.4 cm³/mol. The molecule has 0 saturated carbocycles. The molecule has 3 rings (SSSR count). The molecule has 2 atom stereocenters. The van der Waals surface area contributed by atoms with Crippen LogP contribution in [0.3, 0.4) is 0 Å². The normalized spacial score (nSPS) is 19.9. The van der Waals surface area contributed by atoms with E-state index in [1.54, 1.807) is 0 Å². The Hall–Kier alpha value is -2.02. The van der Waals surface area contributed by atoms with E-state index in [0.29, 0.717) is 11.6 Å². The van der Waals surface area contributed by atoms with Crippen LogP contribution in [-0.4, -0.2) is 32.9 Å². The maximum Gasteiger partial charge on any atom is 0.279 e. The Morgan fingerprint density at radius 1 is 1.50 bits per heavy atom. The first-order valence-electron chi connectivity index (χ1n) is 6.32. The van der Waals surface area contributed by atoms with E-state index in [-0.39, 0.29) is 17.2 Å². The molecule has 2 unspecified atom stereocenters. The minimum absolute atomic E-state index is 0.151. The lowest BCUT2D eigenvalue weighted by Gasteiger charge is -2.14. The molecule has 2 aromatic rings. The highest BCUT2D eigenvalue weighted by Gasteiger charge is 2.29. The number of carbonyl (C=O) groups is 2. The van der Waals surface area contributed by atoms with Gasteiger partial charge >= 0.3 is 0 Å². The van der Waals surface area contributed by atoms with Crippen LogP contribution in [0.15, 0.2) is 24.3 Å². The second-order valence-electron chi connectivity index (χ2n) is 4.66. The van der Waals surface area contributed by atoms with Gasteiger partial charge in [-0.2, -0.15) is 0 Å². The van der Waals surface area contributed by atoms with Crippen molar-refractivity contribution in [2.24, 2.45) is 0 Å². The molecule has 7 heteroatoms. The van der Waals surface area contributed by atoms with Gasteiger partial charge < -0.3 is 15.6 Å². The Morgan fingerprint density at radius 3 is 3.00 bits per heavy atom. The van der Waals surface area contributed by atoms with Gasteiger partial charge in [0.25, 0.3) is 5.24 Å². The number of nitrogens with zero attached hydrogens (tertiary/aromatic N) is 1. The monoisotopic (exact) mass is 290 g/mol. The van der Waals surface area contributed by atoms with Crippen molar-refractivity contribution in [2.45, 2.75) is 19.0 Å². The molecule has 20 heavy (non-hydrogen) atoms. The predicted octanol–water partition coefficient (Wildman–Crippen LogP) is 1.57. The molecular weight excluding hydrogens is 276 g/mol. The van der Waals surface area contributed by atoms with Crippen molar-refractivity contribution in [2.75, 3.05) is 5.75 Å². The number of rotatable bonds is 3. The number of benzene rings is 1. The molecule has 1 aromatic heterocycles. The quantitative estimate of drug-likeness (QED) is 0.800. The van der Waals surface area contributed by atoms with Crippen LogP contribution in [-0.2, 0) is 4.79 Å². The molecular formula is C13H14N4O2S. The van der Waals surface area contributed by atoms with E-state index < -0.39 is 6.04 Å². The average Bonchev–Trinajstić information content (AvgIpc) is 3.04. The molecule has 1 fully saturated rings. The van der Waals surface area contributed by atoms with E-state index in [9.17, 15) is 9.59 Å². The van der Waals surface area contributed by atoms with Gasteiger partial charge in [0.15, 0.2) is 0 Å². The van der Waals surface area contributed by atoms with Crippen LogP contribution in [0.5, 0.6) is 0 Å². The summed E-state index contributed by atoms with van der Waals surface area (Å²) in [5.41, 5.74) is 1.81. The first-order valence-corrected chi connectivity index (χ1v) is 7.30. The molecule has 0 spiro atoms. The summed E-state index contributed by atoms with van der Waals surface area (Å²) in [5.74, 6) is 0.991. The first-order chi connectivity index (χ1) is 9.63. The molecule has 1 aliphatic heterocycles. The molecule has 6 nitrogen and oxygen atoms in total. The number of fused-ring (bicyclic) bond motifs is 1. The van der Waals surface area contributed by atoms with Crippen LogP contribution in [0.2, 0.25) is 0 Å². The van der Waals surface area contributed by atoms with Crippen molar-refractivity contribution >= 4 is 33.9 Å². The Bertz CT molecular complexity index is 636. The van der Waals surface area contributed by atoms with Gasteiger partial charge in [0.2, 0.25) is 5.91 Å². The number of amides is 2. The largest absolute Gasteiger partial charge is 0.345 e. The summed E-state index contributed by atoms with van der Waals surface area (Å²) in [6.07, 6.45) is 0. The summed E-state index contributed by atoms with van der Waals surface area (Å²) in [7, 11) is 0. The fourth-order valence-electron chi connectivity index (χ4n) is 2.09. The minimum atomic E-state index is -0.459. The number of thioether (sulfide) groups is 1. The van der Waals surface area contributed by atoms with Crippen LogP contribution < -0.4 is 10.6 Å². The molecule has 2 heterocycles. The van der Waals surface area contributed by atoms with Gasteiger partial charge in [-0.05, 0) is 19.1 Å². The van der Waals surface area contributed by atoms with E-state index in [1.807, 2.05) is 31.2 Å². The number of aromatic amines is 1. The molecule has 0 aliphatic carbocycles. The minimum Gasteiger partial charge on any atom is -0.345 e. The van der Waals surface area contributed by atoms with E-state index in [1.165, 1.54) is 0 Å². The zero-order chi connectivity index (χ0) is 14.1. The maximum absolute atomic E-state index is 12.0. The number of aromatic nitrogens is 2.